The van der Waals surface area contributed by atoms with E-state index in [0.29, 0.717) is 5.69 Å². The van der Waals surface area contributed by atoms with Crippen molar-refractivity contribution in [1.82, 2.24) is 0 Å². The molecule has 0 saturated heterocycles. The fourth-order valence-corrected chi connectivity index (χ4v) is 1.31. The molecule has 0 radical (unpaired) electrons. The van der Waals surface area contributed by atoms with E-state index in [1.165, 1.54) is 19.1 Å². The summed E-state index contributed by atoms with van der Waals surface area (Å²) in [5.74, 6) is -1.66. The first-order chi connectivity index (χ1) is 8.86. The van der Waals surface area contributed by atoms with Crippen LogP contribution in [0.1, 0.15) is 17.3 Å². The minimum Gasteiger partial charge on any atom is -0.449 e. The topological polar surface area (TPSA) is 125 Å². The van der Waals surface area contributed by atoms with Crippen molar-refractivity contribution in [2.75, 3.05) is 12.4 Å². The Hall–Kier alpha value is -2.64. The molecular weight excluding hydrogens is 254 g/mol. The number of rotatable bonds is 5. The molecule has 102 valence electrons. The van der Waals surface area contributed by atoms with Gasteiger partial charge in [-0.15, -0.1) is 0 Å². The molecule has 3 N–H and O–H groups in total. The highest BCUT2D eigenvalue weighted by molar-refractivity contribution is 5.97. The van der Waals surface area contributed by atoms with E-state index in [4.69, 9.17) is 10.5 Å². The molecule has 1 unspecified atom stereocenters. The van der Waals surface area contributed by atoms with E-state index < -0.39 is 22.9 Å². The number of esters is 1. The Morgan fingerprint density at radius 1 is 1.47 bits per heavy atom. The zero-order valence-corrected chi connectivity index (χ0v) is 10.4. The number of carbonyl (C=O) groups excluding carboxylic acids is 2. The molecule has 0 aliphatic rings. The van der Waals surface area contributed by atoms with Crippen LogP contribution in [0.4, 0.5) is 11.4 Å². The lowest BCUT2D eigenvalue weighted by Gasteiger charge is -2.12. The van der Waals surface area contributed by atoms with Crippen molar-refractivity contribution in [3.63, 3.8) is 0 Å². The van der Waals surface area contributed by atoms with Crippen molar-refractivity contribution in [3.05, 3.63) is 33.9 Å². The van der Waals surface area contributed by atoms with E-state index in [1.54, 1.807) is 7.05 Å². The quantitative estimate of drug-likeness (QED) is 0.459. The first-order valence-corrected chi connectivity index (χ1v) is 5.33. The van der Waals surface area contributed by atoms with Gasteiger partial charge >= 0.3 is 5.97 Å². The Bertz CT molecular complexity index is 529. The van der Waals surface area contributed by atoms with Gasteiger partial charge in [-0.1, -0.05) is 0 Å². The second-order valence-corrected chi connectivity index (χ2v) is 3.69. The molecular formula is C11H13N3O5. The van der Waals surface area contributed by atoms with Crippen molar-refractivity contribution in [2.45, 2.75) is 13.0 Å². The number of nitrogens with two attached hydrogens (primary N) is 1. The molecule has 0 spiro atoms. The maximum Gasteiger partial charge on any atom is 0.341 e. The van der Waals surface area contributed by atoms with Crippen LogP contribution in [-0.4, -0.2) is 30.0 Å². The van der Waals surface area contributed by atoms with Crippen molar-refractivity contribution in [2.24, 2.45) is 5.73 Å². The standard InChI is InChI=1S/C11H13N3O5/c1-6(10(12)15)19-11(16)8-5-7(14(17)18)3-4-9(8)13-2/h3-6,13H,1-2H3,(H2,12,15). The Morgan fingerprint density at radius 3 is 2.58 bits per heavy atom. The molecule has 1 amide bonds. The van der Waals surface area contributed by atoms with Crippen LogP contribution in [-0.2, 0) is 9.53 Å². The number of amides is 1. The molecule has 1 aromatic carbocycles. The summed E-state index contributed by atoms with van der Waals surface area (Å²) < 4.78 is 4.80. The summed E-state index contributed by atoms with van der Waals surface area (Å²) in [7, 11) is 1.55. The van der Waals surface area contributed by atoms with Crippen LogP contribution in [0.2, 0.25) is 0 Å². The molecule has 1 atom stereocenters. The molecule has 19 heavy (non-hydrogen) atoms. The number of non-ortho nitro benzene ring substituents is 1. The van der Waals surface area contributed by atoms with Gasteiger partial charge in [0.25, 0.3) is 11.6 Å². The normalized spacial score (nSPS) is 11.5. The first-order valence-electron chi connectivity index (χ1n) is 5.33. The van der Waals surface area contributed by atoms with E-state index in [9.17, 15) is 19.7 Å². The Balaban J connectivity index is 3.09. The lowest BCUT2D eigenvalue weighted by atomic mass is 10.1. The molecule has 0 saturated carbocycles. The van der Waals surface area contributed by atoms with Gasteiger partial charge in [0.1, 0.15) is 0 Å². The maximum atomic E-state index is 11.8. The highest BCUT2D eigenvalue weighted by Crippen LogP contribution is 2.22. The van der Waals surface area contributed by atoms with Crippen molar-refractivity contribution in [1.29, 1.82) is 0 Å². The Morgan fingerprint density at radius 2 is 2.11 bits per heavy atom. The summed E-state index contributed by atoms with van der Waals surface area (Å²) in [5.41, 5.74) is 5.04. The monoisotopic (exact) mass is 267 g/mol. The van der Waals surface area contributed by atoms with Crippen LogP contribution in [0, 0.1) is 10.1 Å². The summed E-state index contributed by atoms with van der Waals surface area (Å²) in [5, 5.41) is 13.4. The highest BCUT2D eigenvalue weighted by atomic mass is 16.6. The molecule has 1 rings (SSSR count). The third-order valence-electron chi connectivity index (χ3n) is 2.39. The number of carbonyl (C=O) groups is 2. The fraction of sp³-hybridized carbons (Fsp3) is 0.273. The summed E-state index contributed by atoms with van der Waals surface area (Å²) in [6.07, 6.45) is -1.11. The van der Waals surface area contributed by atoms with Crippen molar-refractivity contribution in [3.8, 4) is 0 Å². The number of primary amides is 1. The van der Waals surface area contributed by atoms with E-state index in [2.05, 4.69) is 5.32 Å². The number of benzene rings is 1. The zero-order valence-electron chi connectivity index (χ0n) is 10.4. The SMILES string of the molecule is CNc1ccc([N+](=O)[O-])cc1C(=O)OC(C)C(N)=O. The molecule has 0 aliphatic carbocycles. The van der Waals surface area contributed by atoms with Crippen LogP contribution < -0.4 is 11.1 Å². The number of ether oxygens (including phenoxy) is 1. The van der Waals surface area contributed by atoms with Crippen molar-refractivity contribution < 1.29 is 19.2 Å². The van der Waals surface area contributed by atoms with Crippen LogP contribution in [0.25, 0.3) is 0 Å². The fourth-order valence-electron chi connectivity index (χ4n) is 1.31. The van der Waals surface area contributed by atoms with Gasteiger partial charge in [-0.2, -0.15) is 0 Å². The highest BCUT2D eigenvalue weighted by Gasteiger charge is 2.21. The lowest BCUT2D eigenvalue weighted by Crippen LogP contribution is -2.30. The third-order valence-corrected chi connectivity index (χ3v) is 2.39. The molecule has 8 heteroatoms. The van der Waals surface area contributed by atoms with Gasteiger partial charge < -0.3 is 15.8 Å². The van der Waals surface area contributed by atoms with Gasteiger partial charge in [0.15, 0.2) is 6.10 Å². The van der Waals surface area contributed by atoms with E-state index >= 15 is 0 Å². The van der Waals surface area contributed by atoms with Crippen LogP contribution in [0.15, 0.2) is 18.2 Å². The number of hydrogen-bond acceptors (Lipinski definition) is 6. The van der Waals surface area contributed by atoms with E-state index in [0.717, 1.165) is 6.07 Å². The van der Waals surface area contributed by atoms with Crippen LogP contribution in [0.3, 0.4) is 0 Å². The van der Waals surface area contributed by atoms with Crippen LogP contribution >= 0.6 is 0 Å². The van der Waals surface area contributed by atoms with Gasteiger partial charge in [-0.3, -0.25) is 14.9 Å². The minimum absolute atomic E-state index is 0.0372. The number of hydrogen-bond donors (Lipinski definition) is 2. The molecule has 0 aromatic heterocycles. The Kier molecular flexibility index (Phi) is 4.41. The number of nitro benzene ring substituents is 1. The third kappa shape index (κ3) is 3.41. The molecule has 0 heterocycles. The van der Waals surface area contributed by atoms with Gasteiger partial charge in [0.05, 0.1) is 10.5 Å². The van der Waals surface area contributed by atoms with Gasteiger partial charge in [0, 0.05) is 24.9 Å². The molecule has 1 aromatic rings. The summed E-state index contributed by atoms with van der Waals surface area (Å²) in [4.78, 5) is 32.7. The summed E-state index contributed by atoms with van der Waals surface area (Å²) in [6.45, 7) is 1.32. The van der Waals surface area contributed by atoms with Gasteiger partial charge in [0.2, 0.25) is 0 Å². The maximum absolute atomic E-state index is 11.8. The minimum atomic E-state index is -1.11. The lowest BCUT2D eigenvalue weighted by molar-refractivity contribution is -0.384. The number of nitrogens with zero attached hydrogens (tertiary/aromatic N) is 1. The number of anilines is 1. The molecule has 0 aliphatic heterocycles. The summed E-state index contributed by atoms with van der Waals surface area (Å²) >= 11 is 0. The molecule has 0 fully saturated rings. The Labute approximate surface area is 108 Å². The number of nitro groups is 1. The zero-order chi connectivity index (χ0) is 14.6. The predicted molar refractivity (Wildman–Crippen MR) is 66.7 cm³/mol. The number of nitrogens with one attached hydrogen (secondary N) is 1. The van der Waals surface area contributed by atoms with Gasteiger partial charge in [-0.05, 0) is 13.0 Å². The smallest absolute Gasteiger partial charge is 0.341 e. The largest absolute Gasteiger partial charge is 0.449 e. The summed E-state index contributed by atoms with van der Waals surface area (Å²) in [6, 6.07) is 3.70. The molecule has 0 bridgehead atoms. The van der Waals surface area contributed by atoms with Gasteiger partial charge in [-0.25, -0.2) is 4.79 Å². The average molecular weight is 267 g/mol. The van der Waals surface area contributed by atoms with E-state index in [1.807, 2.05) is 0 Å². The molecule has 8 nitrogen and oxygen atoms in total. The second-order valence-electron chi connectivity index (χ2n) is 3.69. The average Bonchev–Trinajstić information content (AvgIpc) is 2.37. The van der Waals surface area contributed by atoms with Crippen molar-refractivity contribution >= 4 is 23.3 Å². The first kappa shape index (κ1) is 14.4. The predicted octanol–water partition coefficient (Wildman–Crippen LogP) is 0.667. The second kappa shape index (κ2) is 5.80. The van der Waals surface area contributed by atoms with E-state index in [-0.39, 0.29) is 11.3 Å². The van der Waals surface area contributed by atoms with Crippen LogP contribution in [0.5, 0.6) is 0 Å².